The topological polar surface area (TPSA) is 46.2 Å². The van der Waals surface area contributed by atoms with Gasteiger partial charge in [-0.05, 0) is 52.4 Å². The molecule has 19 heavy (non-hydrogen) atoms. The van der Waals surface area contributed by atoms with Crippen LogP contribution in [0.4, 0.5) is 5.69 Å². The third kappa shape index (κ3) is 3.36. The maximum atomic E-state index is 12.2. The summed E-state index contributed by atoms with van der Waals surface area (Å²) in [6.45, 7) is 3.65. The van der Waals surface area contributed by atoms with Crippen LogP contribution in [0.5, 0.6) is 0 Å². The van der Waals surface area contributed by atoms with Crippen molar-refractivity contribution in [3.05, 3.63) is 64.2 Å². The second-order valence-electron chi connectivity index (χ2n) is 3.86. The first-order valence-electron chi connectivity index (χ1n) is 5.53. The summed E-state index contributed by atoms with van der Waals surface area (Å²) >= 11 is 2.01. The number of rotatable bonds is 4. The van der Waals surface area contributed by atoms with Gasteiger partial charge in [-0.2, -0.15) is 0 Å². The predicted octanol–water partition coefficient (Wildman–Crippen LogP) is 3.74. The summed E-state index contributed by atoms with van der Waals surface area (Å²) in [5, 5.41) is 0. The second kappa shape index (κ2) is 5.75. The van der Waals surface area contributed by atoms with Crippen LogP contribution in [-0.4, -0.2) is 8.42 Å². The van der Waals surface area contributed by atoms with Crippen molar-refractivity contribution in [1.82, 2.24) is 0 Å². The van der Waals surface area contributed by atoms with Crippen molar-refractivity contribution in [2.24, 2.45) is 0 Å². The van der Waals surface area contributed by atoms with Crippen LogP contribution in [0, 0.1) is 3.57 Å². The quantitative estimate of drug-likeness (QED) is 0.816. The first kappa shape index (κ1) is 14.1. The first-order chi connectivity index (χ1) is 9.03. The highest BCUT2D eigenvalue weighted by molar-refractivity contribution is 14.1. The molecule has 0 aliphatic carbocycles. The van der Waals surface area contributed by atoms with Gasteiger partial charge in [-0.25, -0.2) is 8.42 Å². The molecule has 2 aromatic carbocycles. The van der Waals surface area contributed by atoms with E-state index < -0.39 is 10.0 Å². The molecule has 0 spiro atoms. The number of nitrogens with one attached hydrogen (secondary N) is 1. The third-order valence-corrected chi connectivity index (χ3v) is 5.27. The normalized spacial score (nSPS) is 11.0. The zero-order chi connectivity index (χ0) is 13.9. The van der Waals surface area contributed by atoms with Crippen molar-refractivity contribution in [1.29, 1.82) is 0 Å². The van der Waals surface area contributed by atoms with E-state index in [4.69, 9.17) is 0 Å². The molecule has 0 unspecified atom stereocenters. The Hall–Kier alpha value is -1.34. The van der Waals surface area contributed by atoms with Crippen molar-refractivity contribution in [2.45, 2.75) is 4.90 Å². The fourth-order valence-electron chi connectivity index (χ4n) is 1.56. The molecule has 2 aromatic rings. The van der Waals surface area contributed by atoms with Crippen molar-refractivity contribution >= 4 is 44.4 Å². The molecule has 3 nitrogen and oxygen atoms in total. The summed E-state index contributed by atoms with van der Waals surface area (Å²) < 4.78 is 27.7. The van der Waals surface area contributed by atoms with E-state index >= 15 is 0 Å². The summed E-state index contributed by atoms with van der Waals surface area (Å²) in [7, 11) is -3.55. The minimum absolute atomic E-state index is 0.281. The van der Waals surface area contributed by atoms with E-state index in [1.165, 1.54) is 0 Å². The van der Waals surface area contributed by atoms with Gasteiger partial charge in [0.1, 0.15) is 4.90 Å². The number of halogens is 1. The van der Waals surface area contributed by atoms with Gasteiger partial charge in [-0.15, -0.1) is 0 Å². The Balaban J connectivity index is 2.31. The van der Waals surface area contributed by atoms with Crippen LogP contribution in [-0.2, 0) is 10.0 Å². The van der Waals surface area contributed by atoms with Crippen LogP contribution in [0.3, 0.4) is 0 Å². The van der Waals surface area contributed by atoms with E-state index in [1.54, 1.807) is 54.6 Å². The summed E-state index contributed by atoms with van der Waals surface area (Å²) in [6, 6.07) is 13.9. The Morgan fingerprint density at radius 1 is 1.05 bits per heavy atom. The van der Waals surface area contributed by atoms with E-state index in [0.717, 1.165) is 5.56 Å². The largest absolute Gasteiger partial charge is 0.280 e. The monoisotopic (exact) mass is 385 g/mol. The number of benzene rings is 2. The fraction of sp³-hybridized carbons (Fsp3) is 0. The number of hydrogen-bond acceptors (Lipinski definition) is 2. The van der Waals surface area contributed by atoms with Crippen LogP contribution in [0.25, 0.3) is 6.08 Å². The van der Waals surface area contributed by atoms with E-state index in [9.17, 15) is 8.42 Å². The van der Waals surface area contributed by atoms with Crippen molar-refractivity contribution in [3.8, 4) is 0 Å². The Bertz CT molecular complexity index is 694. The lowest BCUT2D eigenvalue weighted by molar-refractivity contribution is 0.600. The van der Waals surface area contributed by atoms with Gasteiger partial charge in [0, 0.05) is 9.26 Å². The molecule has 0 aliphatic rings. The molecule has 0 saturated carbocycles. The molecule has 98 valence electrons. The van der Waals surface area contributed by atoms with Gasteiger partial charge < -0.3 is 0 Å². The molecule has 5 heteroatoms. The van der Waals surface area contributed by atoms with Crippen molar-refractivity contribution in [3.63, 3.8) is 0 Å². The first-order valence-corrected chi connectivity index (χ1v) is 8.09. The minimum Gasteiger partial charge on any atom is -0.280 e. The lowest BCUT2D eigenvalue weighted by atomic mass is 10.2. The summed E-state index contributed by atoms with van der Waals surface area (Å²) in [5.41, 5.74) is 1.47. The molecule has 1 N–H and O–H groups in total. The Morgan fingerprint density at radius 3 is 2.26 bits per heavy atom. The maximum absolute atomic E-state index is 12.2. The number of anilines is 1. The fourth-order valence-corrected chi connectivity index (χ4v) is 3.96. The second-order valence-corrected chi connectivity index (χ2v) is 6.68. The van der Waals surface area contributed by atoms with Gasteiger partial charge in [0.05, 0.1) is 0 Å². The lowest BCUT2D eigenvalue weighted by Crippen LogP contribution is -2.14. The standard InChI is InChI=1S/C14H12INO2S/c1-2-11-7-9-12(10-8-11)16-19(17,18)14-6-4-3-5-13(14)15/h2-10,16H,1H2. The molecule has 0 amide bonds. The molecule has 0 fully saturated rings. The molecule has 0 radical (unpaired) electrons. The van der Waals surface area contributed by atoms with Crippen LogP contribution in [0.2, 0.25) is 0 Å². The number of hydrogen-bond donors (Lipinski definition) is 1. The van der Waals surface area contributed by atoms with Crippen LogP contribution >= 0.6 is 22.6 Å². The zero-order valence-corrected chi connectivity index (χ0v) is 13.0. The molecule has 0 heterocycles. The van der Waals surface area contributed by atoms with Crippen molar-refractivity contribution < 1.29 is 8.42 Å². The average molecular weight is 385 g/mol. The van der Waals surface area contributed by atoms with Crippen LogP contribution in [0.1, 0.15) is 5.56 Å². The Kier molecular flexibility index (Phi) is 4.26. The summed E-state index contributed by atoms with van der Waals surface area (Å²) in [5.74, 6) is 0. The minimum atomic E-state index is -3.55. The summed E-state index contributed by atoms with van der Waals surface area (Å²) in [6.07, 6.45) is 1.71. The molecular formula is C14H12INO2S. The van der Waals surface area contributed by atoms with Gasteiger partial charge in [0.2, 0.25) is 0 Å². The summed E-state index contributed by atoms with van der Waals surface area (Å²) in [4.78, 5) is 0.281. The highest BCUT2D eigenvalue weighted by Gasteiger charge is 2.16. The third-order valence-electron chi connectivity index (χ3n) is 2.52. The van der Waals surface area contributed by atoms with Gasteiger partial charge in [0.25, 0.3) is 10.0 Å². The smallest absolute Gasteiger partial charge is 0.262 e. The lowest BCUT2D eigenvalue weighted by Gasteiger charge is -2.09. The molecule has 0 saturated heterocycles. The molecule has 2 rings (SSSR count). The number of sulfonamides is 1. The highest BCUT2D eigenvalue weighted by atomic mass is 127. The SMILES string of the molecule is C=Cc1ccc(NS(=O)(=O)c2ccccc2I)cc1. The highest BCUT2D eigenvalue weighted by Crippen LogP contribution is 2.21. The molecule has 0 atom stereocenters. The molecule has 0 bridgehead atoms. The predicted molar refractivity (Wildman–Crippen MR) is 86.5 cm³/mol. The van der Waals surface area contributed by atoms with Gasteiger partial charge in [0.15, 0.2) is 0 Å². The van der Waals surface area contributed by atoms with Gasteiger partial charge >= 0.3 is 0 Å². The van der Waals surface area contributed by atoms with E-state index in [1.807, 2.05) is 22.6 Å². The van der Waals surface area contributed by atoms with E-state index in [-0.39, 0.29) is 4.90 Å². The molecule has 0 aromatic heterocycles. The van der Waals surface area contributed by atoms with Crippen LogP contribution in [0.15, 0.2) is 60.0 Å². The van der Waals surface area contributed by atoms with Gasteiger partial charge in [-0.1, -0.05) is 36.9 Å². The van der Waals surface area contributed by atoms with Crippen molar-refractivity contribution in [2.75, 3.05) is 4.72 Å². The Labute approximate surface area is 126 Å². The molecular weight excluding hydrogens is 373 g/mol. The van der Waals surface area contributed by atoms with E-state index in [0.29, 0.717) is 9.26 Å². The van der Waals surface area contributed by atoms with Crippen LogP contribution < -0.4 is 4.72 Å². The zero-order valence-electron chi connectivity index (χ0n) is 10.0. The maximum Gasteiger partial charge on any atom is 0.262 e. The average Bonchev–Trinajstić information content (AvgIpc) is 2.39. The van der Waals surface area contributed by atoms with E-state index in [2.05, 4.69) is 11.3 Å². The molecule has 0 aliphatic heterocycles. The van der Waals surface area contributed by atoms with Gasteiger partial charge in [-0.3, -0.25) is 4.72 Å². The Morgan fingerprint density at radius 2 is 1.68 bits per heavy atom.